The second-order valence-electron chi connectivity index (χ2n) is 5.37. The Labute approximate surface area is 109 Å². The SMILES string of the molecule is CC1(C)C(CN)C1c1ccc(Cl)cc1C(F)(F)F. The van der Waals surface area contributed by atoms with Gasteiger partial charge in [-0.1, -0.05) is 31.5 Å². The van der Waals surface area contributed by atoms with Gasteiger partial charge < -0.3 is 5.73 Å². The van der Waals surface area contributed by atoms with Gasteiger partial charge >= 0.3 is 6.18 Å². The van der Waals surface area contributed by atoms with Gasteiger partial charge in [0.05, 0.1) is 5.56 Å². The molecule has 18 heavy (non-hydrogen) atoms. The predicted octanol–water partition coefficient (Wildman–Crippen LogP) is 4.06. The summed E-state index contributed by atoms with van der Waals surface area (Å²) < 4.78 is 39.0. The van der Waals surface area contributed by atoms with E-state index in [1.165, 1.54) is 12.1 Å². The molecule has 1 aliphatic carbocycles. The van der Waals surface area contributed by atoms with E-state index in [9.17, 15) is 13.2 Å². The maximum atomic E-state index is 13.0. The van der Waals surface area contributed by atoms with Gasteiger partial charge in [0.25, 0.3) is 0 Å². The smallest absolute Gasteiger partial charge is 0.330 e. The van der Waals surface area contributed by atoms with E-state index in [1.54, 1.807) is 0 Å². The van der Waals surface area contributed by atoms with Crippen molar-refractivity contribution in [3.63, 3.8) is 0 Å². The Hall–Kier alpha value is -0.740. The van der Waals surface area contributed by atoms with Crippen LogP contribution in [0.3, 0.4) is 0 Å². The maximum absolute atomic E-state index is 13.0. The van der Waals surface area contributed by atoms with Gasteiger partial charge in [-0.05, 0) is 41.5 Å². The third-order valence-electron chi connectivity index (χ3n) is 3.96. The van der Waals surface area contributed by atoms with Crippen LogP contribution in [0.5, 0.6) is 0 Å². The normalized spacial score (nSPS) is 26.2. The monoisotopic (exact) mass is 277 g/mol. The van der Waals surface area contributed by atoms with Gasteiger partial charge in [-0.25, -0.2) is 0 Å². The van der Waals surface area contributed by atoms with Crippen molar-refractivity contribution >= 4 is 11.6 Å². The van der Waals surface area contributed by atoms with Crippen molar-refractivity contribution in [2.75, 3.05) is 6.54 Å². The first kappa shape index (κ1) is 13.7. The highest BCUT2D eigenvalue weighted by molar-refractivity contribution is 6.30. The van der Waals surface area contributed by atoms with Crippen LogP contribution in [0.25, 0.3) is 0 Å². The number of alkyl halides is 3. The molecule has 0 radical (unpaired) electrons. The van der Waals surface area contributed by atoms with Crippen LogP contribution < -0.4 is 5.73 Å². The number of halogens is 4. The Morgan fingerprint density at radius 2 is 1.94 bits per heavy atom. The first-order chi connectivity index (χ1) is 8.19. The number of nitrogens with two attached hydrogens (primary N) is 1. The summed E-state index contributed by atoms with van der Waals surface area (Å²) in [7, 11) is 0. The average molecular weight is 278 g/mol. The number of benzene rings is 1. The van der Waals surface area contributed by atoms with Crippen LogP contribution >= 0.6 is 11.6 Å². The summed E-state index contributed by atoms with van der Waals surface area (Å²) in [5.74, 6) is -0.0452. The van der Waals surface area contributed by atoms with E-state index in [0.717, 1.165) is 6.07 Å². The van der Waals surface area contributed by atoms with Crippen LogP contribution in [0.4, 0.5) is 13.2 Å². The fraction of sp³-hybridized carbons (Fsp3) is 0.538. The lowest BCUT2D eigenvalue weighted by atomic mass is 9.98. The van der Waals surface area contributed by atoms with Crippen molar-refractivity contribution in [3.8, 4) is 0 Å². The van der Waals surface area contributed by atoms with Crippen molar-refractivity contribution in [1.82, 2.24) is 0 Å². The topological polar surface area (TPSA) is 26.0 Å². The fourth-order valence-corrected chi connectivity index (χ4v) is 3.02. The highest BCUT2D eigenvalue weighted by Crippen LogP contribution is 2.65. The van der Waals surface area contributed by atoms with Crippen molar-refractivity contribution in [2.45, 2.75) is 25.9 Å². The van der Waals surface area contributed by atoms with Crippen molar-refractivity contribution < 1.29 is 13.2 Å². The minimum absolute atomic E-state index is 0.0970. The zero-order chi connectivity index (χ0) is 13.7. The van der Waals surface area contributed by atoms with Gasteiger partial charge in [0.2, 0.25) is 0 Å². The van der Waals surface area contributed by atoms with Gasteiger partial charge in [-0.2, -0.15) is 13.2 Å². The van der Waals surface area contributed by atoms with Crippen LogP contribution in [-0.2, 0) is 6.18 Å². The van der Waals surface area contributed by atoms with Crippen molar-refractivity contribution in [1.29, 1.82) is 0 Å². The highest BCUT2D eigenvalue weighted by atomic mass is 35.5. The molecule has 1 nitrogen and oxygen atoms in total. The lowest BCUT2D eigenvalue weighted by molar-refractivity contribution is -0.138. The zero-order valence-electron chi connectivity index (χ0n) is 10.2. The van der Waals surface area contributed by atoms with E-state index >= 15 is 0 Å². The summed E-state index contributed by atoms with van der Waals surface area (Å²) >= 11 is 5.66. The molecule has 0 aromatic heterocycles. The first-order valence-corrected chi connectivity index (χ1v) is 6.14. The molecular weight excluding hydrogens is 263 g/mol. The standard InChI is InChI=1S/C13H15ClF3N/c1-12(2)10(6-18)11(12)8-4-3-7(14)5-9(8)13(15,16)17/h3-5,10-11H,6,18H2,1-2H3. The third kappa shape index (κ3) is 2.12. The van der Waals surface area contributed by atoms with Crippen molar-refractivity contribution in [2.24, 2.45) is 17.1 Å². The lowest BCUT2D eigenvalue weighted by Gasteiger charge is -2.14. The molecule has 0 spiro atoms. The molecule has 2 atom stereocenters. The van der Waals surface area contributed by atoms with Crippen LogP contribution in [-0.4, -0.2) is 6.54 Å². The Morgan fingerprint density at radius 3 is 2.39 bits per heavy atom. The van der Waals surface area contributed by atoms with E-state index in [4.69, 9.17) is 17.3 Å². The quantitative estimate of drug-likeness (QED) is 0.867. The molecule has 2 N–H and O–H groups in total. The van der Waals surface area contributed by atoms with Gasteiger partial charge in [0.15, 0.2) is 0 Å². The zero-order valence-corrected chi connectivity index (χ0v) is 10.9. The molecule has 2 rings (SSSR count). The average Bonchev–Trinajstić information content (AvgIpc) is 2.79. The molecule has 0 saturated heterocycles. The van der Waals surface area contributed by atoms with Gasteiger partial charge in [-0.15, -0.1) is 0 Å². The largest absolute Gasteiger partial charge is 0.416 e. The molecule has 100 valence electrons. The fourth-order valence-electron chi connectivity index (χ4n) is 2.85. The highest BCUT2D eigenvalue weighted by Gasteiger charge is 2.58. The molecule has 0 heterocycles. The molecule has 1 aliphatic rings. The van der Waals surface area contributed by atoms with E-state index in [2.05, 4.69) is 0 Å². The van der Waals surface area contributed by atoms with E-state index < -0.39 is 11.7 Å². The molecule has 1 saturated carbocycles. The predicted molar refractivity (Wildman–Crippen MR) is 65.5 cm³/mol. The first-order valence-electron chi connectivity index (χ1n) is 5.76. The summed E-state index contributed by atoms with van der Waals surface area (Å²) in [6, 6.07) is 3.99. The number of hydrogen-bond acceptors (Lipinski definition) is 1. The molecule has 0 bridgehead atoms. The van der Waals surface area contributed by atoms with Gasteiger partial charge in [0, 0.05) is 5.02 Å². The number of hydrogen-bond donors (Lipinski definition) is 1. The third-order valence-corrected chi connectivity index (χ3v) is 4.20. The number of rotatable bonds is 2. The minimum Gasteiger partial charge on any atom is -0.330 e. The maximum Gasteiger partial charge on any atom is 0.416 e. The van der Waals surface area contributed by atoms with Gasteiger partial charge in [-0.3, -0.25) is 0 Å². The van der Waals surface area contributed by atoms with E-state index in [0.29, 0.717) is 12.1 Å². The van der Waals surface area contributed by atoms with Crippen LogP contribution in [0.1, 0.15) is 30.9 Å². The van der Waals surface area contributed by atoms with E-state index in [1.807, 2.05) is 13.8 Å². The summed E-state index contributed by atoms with van der Waals surface area (Å²) in [6.07, 6.45) is -4.38. The Morgan fingerprint density at radius 1 is 1.33 bits per heavy atom. The molecule has 1 aromatic carbocycles. The van der Waals surface area contributed by atoms with Crippen LogP contribution in [0.15, 0.2) is 18.2 Å². The van der Waals surface area contributed by atoms with Gasteiger partial charge in [0.1, 0.15) is 0 Å². The Balaban J connectivity index is 2.47. The van der Waals surface area contributed by atoms with Crippen LogP contribution in [0, 0.1) is 11.3 Å². The summed E-state index contributed by atoms with van der Waals surface area (Å²) in [5, 5.41) is 0.105. The Kier molecular flexibility index (Phi) is 3.14. The Bertz CT molecular complexity index is 468. The van der Waals surface area contributed by atoms with E-state index in [-0.39, 0.29) is 22.3 Å². The molecule has 2 unspecified atom stereocenters. The summed E-state index contributed by atoms with van der Waals surface area (Å²) in [6.45, 7) is 4.30. The summed E-state index contributed by atoms with van der Waals surface area (Å²) in [5.41, 5.74) is 5.12. The molecule has 0 aliphatic heterocycles. The molecule has 0 amide bonds. The lowest BCUT2D eigenvalue weighted by Crippen LogP contribution is -2.10. The second-order valence-corrected chi connectivity index (χ2v) is 5.81. The molecular formula is C13H15ClF3N. The molecule has 1 fully saturated rings. The summed E-state index contributed by atoms with van der Waals surface area (Å²) in [4.78, 5) is 0. The molecule has 1 aromatic rings. The van der Waals surface area contributed by atoms with Crippen LogP contribution in [0.2, 0.25) is 5.02 Å². The molecule has 5 heteroatoms. The minimum atomic E-state index is -4.38. The van der Waals surface area contributed by atoms with Crippen molar-refractivity contribution in [3.05, 3.63) is 34.3 Å². The second kappa shape index (κ2) is 4.14.